The summed E-state index contributed by atoms with van der Waals surface area (Å²) in [6.07, 6.45) is 9.68. The third-order valence-electron chi connectivity index (χ3n) is 4.49. The highest BCUT2D eigenvalue weighted by Crippen LogP contribution is 2.44. The Balaban J connectivity index is 1.61. The standard InChI is InChI=1S/C15H29NO2/c1-13(12-16-9-10-17-2)11-14-5-8-15(18-14)6-3-4-7-15/h13-14,16H,3-12H2,1-2H3. The van der Waals surface area contributed by atoms with Gasteiger partial charge in [-0.3, -0.25) is 0 Å². The number of ether oxygens (including phenoxy) is 2. The highest BCUT2D eigenvalue weighted by atomic mass is 16.5. The molecule has 1 N–H and O–H groups in total. The second-order valence-electron chi connectivity index (χ2n) is 6.21. The van der Waals surface area contributed by atoms with Gasteiger partial charge >= 0.3 is 0 Å². The number of rotatable bonds is 7. The van der Waals surface area contributed by atoms with E-state index < -0.39 is 0 Å². The lowest BCUT2D eigenvalue weighted by atomic mass is 9.96. The van der Waals surface area contributed by atoms with E-state index in [4.69, 9.17) is 9.47 Å². The van der Waals surface area contributed by atoms with Gasteiger partial charge < -0.3 is 14.8 Å². The Kier molecular flexibility index (Phi) is 5.46. The molecule has 1 saturated heterocycles. The van der Waals surface area contributed by atoms with Crippen LogP contribution < -0.4 is 5.32 Å². The van der Waals surface area contributed by atoms with Crippen LogP contribution in [0.1, 0.15) is 51.9 Å². The van der Waals surface area contributed by atoms with Crippen molar-refractivity contribution in [3.8, 4) is 0 Å². The van der Waals surface area contributed by atoms with Gasteiger partial charge in [-0.05, 0) is 44.6 Å². The highest BCUT2D eigenvalue weighted by molar-refractivity contribution is 4.93. The Morgan fingerprint density at radius 1 is 1.33 bits per heavy atom. The molecule has 3 nitrogen and oxygen atoms in total. The van der Waals surface area contributed by atoms with Crippen molar-refractivity contribution in [3.63, 3.8) is 0 Å². The van der Waals surface area contributed by atoms with Gasteiger partial charge in [-0.15, -0.1) is 0 Å². The quantitative estimate of drug-likeness (QED) is 0.710. The maximum atomic E-state index is 6.36. The topological polar surface area (TPSA) is 30.5 Å². The summed E-state index contributed by atoms with van der Waals surface area (Å²) in [5.74, 6) is 0.698. The van der Waals surface area contributed by atoms with E-state index >= 15 is 0 Å². The van der Waals surface area contributed by atoms with E-state index in [9.17, 15) is 0 Å². The molecular formula is C15H29NO2. The maximum Gasteiger partial charge on any atom is 0.0687 e. The molecule has 0 amide bonds. The van der Waals surface area contributed by atoms with Gasteiger partial charge in [0, 0.05) is 13.7 Å². The number of nitrogens with one attached hydrogen (secondary N) is 1. The van der Waals surface area contributed by atoms with Crippen LogP contribution in [0.5, 0.6) is 0 Å². The number of hydrogen-bond acceptors (Lipinski definition) is 3. The van der Waals surface area contributed by atoms with Crippen molar-refractivity contribution in [2.24, 2.45) is 5.92 Å². The van der Waals surface area contributed by atoms with Gasteiger partial charge in [0.15, 0.2) is 0 Å². The molecule has 0 aromatic carbocycles. The van der Waals surface area contributed by atoms with E-state index in [1.54, 1.807) is 7.11 Å². The van der Waals surface area contributed by atoms with Crippen molar-refractivity contribution in [3.05, 3.63) is 0 Å². The molecule has 1 aliphatic carbocycles. The highest BCUT2D eigenvalue weighted by Gasteiger charge is 2.42. The predicted octanol–water partition coefficient (Wildman–Crippen LogP) is 2.74. The fourth-order valence-electron chi connectivity index (χ4n) is 3.50. The van der Waals surface area contributed by atoms with Gasteiger partial charge in [0.1, 0.15) is 0 Å². The molecule has 2 fully saturated rings. The molecule has 106 valence electrons. The summed E-state index contributed by atoms with van der Waals surface area (Å²) in [6.45, 7) is 5.16. The van der Waals surface area contributed by atoms with Crippen LogP contribution in [0.3, 0.4) is 0 Å². The van der Waals surface area contributed by atoms with Crippen LogP contribution in [0.15, 0.2) is 0 Å². The minimum Gasteiger partial charge on any atom is -0.383 e. The molecule has 0 aromatic rings. The first-order valence-electron chi connectivity index (χ1n) is 7.61. The van der Waals surface area contributed by atoms with Crippen LogP contribution in [-0.2, 0) is 9.47 Å². The molecule has 1 heterocycles. The van der Waals surface area contributed by atoms with Gasteiger partial charge in [0.2, 0.25) is 0 Å². The van der Waals surface area contributed by atoms with E-state index in [1.807, 2.05) is 0 Å². The van der Waals surface area contributed by atoms with Crippen molar-refractivity contribution in [2.45, 2.75) is 63.6 Å². The van der Waals surface area contributed by atoms with E-state index in [0.29, 0.717) is 17.6 Å². The molecule has 2 unspecified atom stereocenters. The molecule has 18 heavy (non-hydrogen) atoms. The van der Waals surface area contributed by atoms with Crippen LogP contribution in [0, 0.1) is 5.92 Å². The van der Waals surface area contributed by atoms with Crippen LogP contribution in [0.2, 0.25) is 0 Å². The second-order valence-corrected chi connectivity index (χ2v) is 6.21. The van der Waals surface area contributed by atoms with Crippen LogP contribution >= 0.6 is 0 Å². The van der Waals surface area contributed by atoms with Crippen molar-refractivity contribution >= 4 is 0 Å². The smallest absolute Gasteiger partial charge is 0.0687 e. The fraction of sp³-hybridized carbons (Fsp3) is 1.00. The predicted molar refractivity (Wildman–Crippen MR) is 73.8 cm³/mol. The summed E-state index contributed by atoms with van der Waals surface area (Å²) >= 11 is 0. The Labute approximate surface area is 112 Å². The normalized spacial score (nSPS) is 28.0. The lowest BCUT2D eigenvalue weighted by molar-refractivity contribution is -0.0433. The maximum absolute atomic E-state index is 6.36. The zero-order valence-electron chi connectivity index (χ0n) is 12.0. The molecule has 1 spiro atoms. The van der Waals surface area contributed by atoms with Crippen LogP contribution in [-0.4, -0.2) is 38.5 Å². The van der Waals surface area contributed by atoms with Gasteiger partial charge in [0.25, 0.3) is 0 Å². The molecule has 0 aromatic heterocycles. The van der Waals surface area contributed by atoms with Crippen molar-refractivity contribution in [2.75, 3.05) is 26.8 Å². The zero-order chi connectivity index (χ0) is 12.8. The first-order chi connectivity index (χ1) is 8.74. The summed E-state index contributed by atoms with van der Waals surface area (Å²) in [5, 5.41) is 3.44. The molecule has 2 atom stereocenters. The largest absolute Gasteiger partial charge is 0.383 e. The SMILES string of the molecule is COCCNCC(C)CC1CCC2(CCCC2)O1. The van der Waals surface area contributed by atoms with E-state index in [2.05, 4.69) is 12.2 Å². The Hall–Kier alpha value is -0.120. The van der Waals surface area contributed by atoms with Crippen molar-refractivity contribution in [1.29, 1.82) is 0 Å². The molecule has 3 heteroatoms. The molecule has 0 bridgehead atoms. The van der Waals surface area contributed by atoms with Crippen molar-refractivity contribution < 1.29 is 9.47 Å². The van der Waals surface area contributed by atoms with Crippen molar-refractivity contribution in [1.82, 2.24) is 5.32 Å². The minimum atomic E-state index is 0.299. The number of hydrogen-bond donors (Lipinski definition) is 1. The van der Waals surface area contributed by atoms with E-state index in [1.165, 1.54) is 44.9 Å². The second kappa shape index (κ2) is 6.88. The lowest BCUT2D eigenvalue weighted by Crippen LogP contribution is -2.29. The zero-order valence-corrected chi connectivity index (χ0v) is 12.0. The average molecular weight is 255 g/mol. The first-order valence-corrected chi connectivity index (χ1v) is 7.61. The molecule has 1 aliphatic heterocycles. The first kappa shape index (κ1) is 14.3. The van der Waals surface area contributed by atoms with E-state index in [-0.39, 0.29) is 0 Å². The fourth-order valence-corrected chi connectivity index (χ4v) is 3.50. The molecule has 2 rings (SSSR count). The Morgan fingerprint density at radius 3 is 2.83 bits per heavy atom. The van der Waals surface area contributed by atoms with Crippen LogP contribution in [0.25, 0.3) is 0 Å². The minimum absolute atomic E-state index is 0.299. The van der Waals surface area contributed by atoms with Gasteiger partial charge in [0.05, 0.1) is 18.3 Å². The summed E-state index contributed by atoms with van der Waals surface area (Å²) in [7, 11) is 1.75. The molecule has 2 aliphatic rings. The van der Waals surface area contributed by atoms with E-state index in [0.717, 1.165) is 19.7 Å². The summed E-state index contributed by atoms with van der Waals surface area (Å²) < 4.78 is 11.4. The summed E-state index contributed by atoms with van der Waals surface area (Å²) in [4.78, 5) is 0. The summed E-state index contributed by atoms with van der Waals surface area (Å²) in [5.41, 5.74) is 0.299. The third kappa shape index (κ3) is 3.94. The van der Waals surface area contributed by atoms with Crippen LogP contribution in [0.4, 0.5) is 0 Å². The molecular weight excluding hydrogens is 226 g/mol. The van der Waals surface area contributed by atoms with Gasteiger partial charge in [-0.1, -0.05) is 19.8 Å². The average Bonchev–Trinajstić information content (AvgIpc) is 2.96. The molecule has 0 radical (unpaired) electrons. The van der Waals surface area contributed by atoms with Gasteiger partial charge in [-0.25, -0.2) is 0 Å². The summed E-state index contributed by atoms with van der Waals surface area (Å²) in [6, 6.07) is 0. The van der Waals surface area contributed by atoms with Gasteiger partial charge in [-0.2, -0.15) is 0 Å². The number of methoxy groups -OCH3 is 1. The Morgan fingerprint density at radius 2 is 2.11 bits per heavy atom. The molecule has 1 saturated carbocycles. The monoisotopic (exact) mass is 255 g/mol. The Bertz CT molecular complexity index is 239. The third-order valence-corrected chi connectivity index (χ3v) is 4.49. The lowest BCUT2D eigenvalue weighted by Gasteiger charge is -2.25.